The average Bonchev–Trinajstić information content (AvgIpc) is 1.68. The van der Waals surface area contributed by atoms with Crippen molar-refractivity contribution in [2.45, 2.75) is 13.8 Å². The number of halogens is 1. The molecular weight excluding hydrogens is 199 g/mol. The third-order valence-electron chi connectivity index (χ3n) is 0.602. The summed E-state index contributed by atoms with van der Waals surface area (Å²) >= 11 is 2.28. The number of hydrogen-bond acceptors (Lipinski definition) is 0. The highest BCUT2D eigenvalue weighted by Crippen LogP contribution is 2.05. The molecule has 0 rings (SSSR count). The Morgan fingerprint density at radius 2 is 2.00 bits per heavy atom. The molecule has 0 amide bonds. The summed E-state index contributed by atoms with van der Waals surface area (Å²) in [7, 11) is 0. The van der Waals surface area contributed by atoms with Crippen LogP contribution in [-0.2, 0) is 0 Å². The zero-order valence-electron chi connectivity index (χ0n) is 4.61. The van der Waals surface area contributed by atoms with Gasteiger partial charge in [-0.25, -0.2) is 0 Å². The zero-order valence-corrected chi connectivity index (χ0v) is 6.77. The predicted molar refractivity (Wildman–Crippen MR) is 42.6 cm³/mol. The third-order valence-corrected chi connectivity index (χ3v) is 1.58. The minimum atomic E-state index is 1.29. The van der Waals surface area contributed by atoms with Gasteiger partial charge in [0.1, 0.15) is 0 Å². The Kier molecular flexibility index (Phi) is 4.50. The van der Waals surface area contributed by atoms with Crippen LogP contribution in [0.1, 0.15) is 13.8 Å². The predicted octanol–water partition coefficient (Wildman–Crippen LogP) is 2.90. The van der Waals surface area contributed by atoms with Crippen LogP contribution in [-0.4, -0.2) is 0 Å². The second kappa shape index (κ2) is 4.37. The van der Waals surface area contributed by atoms with E-state index >= 15 is 0 Å². The SMILES string of the molecule is CC=CC(I)=CC. The van der Waals surface area contributed by atoms with Crippen molar-refractivity contribution in [1.29, 1.82) is 0 Å². The van der Waals surface area contributed by atoms with Gasteiger partial charge in [-0.2, -0.15) is 0 Å². The van der Waals surface area contributed by atoms with Gasteiger partial charge in [-0.3, -0.25) is 0 Å². The van der Waals surface area contributed by atoms with Gasteiger partial charge in [0.05, 0.1) is 0 Å². The summed E-state index contributed by atoms with van der Waals surface area (Å²) in [5, 5.41) is 0. The second-order valence-corrected chi connectivity index (χ2v) is 2.42. The van der Waals surface area contributed by atoms with Crippen molar-refractivity contribution in [3.63, 3.8) is 0 Å². The average molecular weight is 208 g/mol. The van der Waals surface area contributed by atoms with E-state index in [1.165, 1.54) is 3.58 Å². The van der Waals surface area contributed by atoms with Gasteiger partial charge in [0, 0.05) is 3.58 Å². The number of hydrogen-bond donors (Lipinski definition) is 0. The molecule has 0 aromatic rings. The monoisotopic (exact) mass is 208 g/mol. The van der Waals surface area contributed by atoms with E-state index < -0.39 is 0 Å². The topological polar surface area (TPSA) is 0 Å². The quantitative estimate of drug-likeness (QED) is 0.459. The van der Waals surface area contributed by atoms with Crippen molar-refractivity contribution in [3.05, 3.63) is 21.8 Å². The van der Waals surface area contributed by atoms with Gasteiger partial charge < -0.3 is 0 Å². The molecule has 40 valence electrons. The Morgan fingerprint density at radius 1 is 1.43 bits per heavy atom. The molecule has 0 spiro atoms. The highest BCUT2D eigenvalue weighted by molar-refractivity contribution is 14.1. The van der Waals surface area contributed by atoms with Crippen molar-refractivity contribution in [3.8, 4) is 0 Å². The van der Waals surface area contributed by atoms with E-state index in [1.807, 2.05) is 19.9 Å². The van der Waals surface area contributed by atoms with E-state index in [0.29, 0.717) is 0 Å². The van der Waals surface area contributed by atoms with Crippen LogP contribution < -0.4 is 0 Å². The van der Waals surface area contributed by atoms with E-state index in [0.717, 1.165) is 0 Å². The highest BCUT2D eigenvalue weighted by Gasteiger charge is 1.72. The van der Waals surface area contributed by atoms with E-state index in [-0.39, 0.29) is 0 Å². The Labute approximate surface area is 58.4 Å². The van der Waals surface area contributed by atoms with Gasteiger partial charge in [-0.05, 0) is 36.4 Å². The van der Waals surface area contributed by atoms with Gasteiger partial charge in [0.2, 0.25) is 0 Å². The van der Waals surface area contributed by atoms with Gasteiger partial charge in [-0.15, -0.1) is 0 Å². The first-order valence-electron chi connectivity index (χ1n) is 2.25. The summed E-state index contributed by atoms with van der Waals surface area (Å²) in [5.41, 5.74) is 0. The number of rotatable bonds is 1. The van der Waals surface area contributed by atoms with Crippen LogP contribution in [0.2, 0.25) is 0 Å². The maximum absolute atomic E-state index is 2.28. The fraction of sp³-hybridized carbons (Fsp3) is 0.333. The Hall–Kier alpha value is 0.210. The summed E-state index contributed by atoms with van der Waals surface area (Å²) < 4.78 is 1.29. The molecule has 0 heterocycles. The van der Waals surface area contributed by atoms with Crippen molar-refractivity contribution in [1.82, 2.24) is 0 Å². The largest absolute Gasteiger partial charge is 0.0866 e. The number of allylic oxidation sites excluding steroid dienone is 4. The first-order valence-corrected chi connectivity index (χ1v) is 3.33. The molecule has 0 aromatic heterocycles. The smallest absolute Gasteiger partial charge is 0.00839 e. The fourth-order valence-electron chi connectivity index (χ4n) is 0.255. The minimum absolute atomic E-state index is 1.29. The molecule has 0 aromatic carbocycles. The maximum Gasteiger partial charge on any atom is 0.00839 e. The lowest BCUT2D eigenvalue weighted by atomic mass is 10.5. The van der Waals surface area contributed by atoms with Crippen LogP contribution in [0, 0.1) is 0 Å². The van der Waals surface area contributed by atoms with Crippen LogP contribution in [0.3, 0.4) is 0 Å². The van der Waals surface area contributed by atoms with Crippen LogP contribution in [0.15, 0.2) is 21.8 Å². The molecule has 7 heavy (non-hydrogen) atoms. The van der Waals surface area contributed by atoms with Crippen molar-refractivity contribution >= 4 is 22.6 Å². The second-order valence-electron chi connectivity index (χ2n) is 1.17. The van der Waals surface area contributed by atoms with Crippen molar-refractivity contribution < 1.29 is 0 Å². The van der Waals surface area contributed by atoms with E-state index in [1.54, 1.807) is 0 Å². The molecule has 0 aliphatic carbocycles. The lowest BCUT2D eigenvalue weighted by molar-refractivity contribution is 1.68. The van der Waals surface area contributed by atoms with E-state index in [4.69, 9.17) is 0 Å². The summed E-state index contributed by atoms with van der Waals surface area (Å²) in [4.78, 5) is 0. The molecule has 0 fully saturated rings. The molecule has 1 heteroatoms. The molecule has 0 atom stereocenters. The molecule has 0 bridgehead atoms. The molecule has 0 aliphatic rings. The van der Waals surface area contributed by atoms with E-state index in [9.17, 15) is 0 Å². The van der Waals surface area contributed by atoms with Crippen LogP contribution in [0.25, 0.3) is 0 Å². The van der Waals surface area contributed by atoms with Gasteiger partial charge in [-0.1, -0.05) is 18.2 Å². The summed E-state index contributed by atoms with van der Waals surface area (Å²) in [6, 6.07) is 0. The van der Waals surface area contributed by atoms with Gasteiger partial charge in [0.15, 0.2) is 0 Å². The summed E-state index contributed by atoms with van der Waals surface area (Å²) in [6.45, 7) is 4.05. The first kappa shape index (κ1) is 7.21. The minimum Gasteiger partial charge on any atom is -0.0866 e. The molecule has 0 saturated heterocycles. The standard InChI is InChI=1S/C6H9I/c1-3-5-6(7)4-2/h3-5H,1-2H3. The highest BCUT2D eigenvalue weighted by atomic mass is 127. The van der Waals surface area contributed by atoms with Crippen LogP contribution in [0.4, 0.5) is 0 Å². The molecule has 0 aliphatic heterocycles. The van der Waals surface area contributed by atoms with Gasteiger partial charge >= 0.3 is 0 Å². The van der Waals surface area contributed by atoms with Crippen LogP contribution in [0.5, 0.6) is 0 Å². The lowest BCUT2D eigenvalue weighted by Gasteiger charge is -1.78. The maximum atomic E-state index is 2.28. The molecule has 0 nitrogen and oxygen atoms in total. The summed E-state index contributed by atoms with van der Waals surface area (Å²) in [5.74, 6) is 0. The Bertz CT molecular complexity index is 90.4. The van der Waals surface area contributed by atoms with E-state index in [2.05, 4.69) is 34.7 Å². The Morgan fingerprint density at radius 3 is 2.14 bits per heavy atom. The zero-order chi connectivity index (χ0) is 5.70. The fourth-order valence-corrected chi connectivity index (χ4v) is 0.615. The molecule has 0 unspecified atom stereocenters. The third kappa shape index (κ3) is 4.05. The lowest BCUT2D eigenvalue weighted by Crippen LogP contribution is -1.53. The molecule has 0 saturated carbocycles. The first-order chi connectivity index (χ1) is 3.31. The molecule has 0 radical (unpaired) electrons. The van der Waals surface area contributed by atoms with Crippen LogP contribution >= 0.6 is 22.6 Å². The molecular formula is C6H9I. The van der Waals surface area contributed by atoms with Gasteiger partial charge in [0.25, 0.3) is 0 Å². The van der Waals surface area contributed by atoms with Crippen molar-refractivity contribution in [2.75, 3.05) is 0 Å². The summed E-state index contributed by atoms with van der Waals surface area (Å²) in [6.07, 6.45) is 6.17. The Balaban J connectivity index is 3.58. The normalized spacial score (nSPS) is 13.3. The van der Waals surface area contributed by atoms with Crippen molar-refractivity contribution in [2.24, 2.45) is 0 Å². The molecule has 0 N–H and O–H groups in total.